The van der Waals surface area contributed by atoms with Gasteiger partial charge in [-0.3, -0.25) is 4.79 Å². The second kappa shape index (κ2) is 19.7. The van der Waals surface area contributed by atoms with Gasteiger partial charge in [0.2, 0.25) is 17.8 Å². The van der Waals surface area contributed by atoms with Crippen LogP contribution in [-0.4, -0.2) is 93.4 Å². The zero-order valence-electron chi connectivity index (χ0n) is 28.5. The van der Waals surface area contributed by atoms with Gasteiger partial charge in [0.15, 0.2) is 0 Å². The molecule has 0 atom stereocenters. The Morgan fingerprint density at radius 2 is 1.35 bits per heavy atom. The molecule has 0 unspecified atom stereocenters. The molecule has 0 aliphatic carbocycles. The van der Waals surface area contributed by atoms with Gasteiger partial charge in [0.1, 0.15) is 5.75 Å². The molecule has 14 nitrogen and oxygen atoms in total. The molecule has 0 saturated carbocycles. The summed E-state index contributed by atoms with van der Waals surface area (Å²) in [5.74, 6) is 1.05. The summed E-state index contributed by atoms with van der Waals surface area (Å²) in [7, 11) is 0. The number of fused-ring (bicyclic) bond motifs is 1. The number of benzene rings is 3. The number of amides is 1. The monoisotopic (exact) mass is 693 g/mol. The first kappa shape index (κ1) is 37.6. The number of aromatic nitrogens is 3. The van der Waals surface area contributed by atoms with Crippen LogP contribution in [0.25, 0.3) is 10.8 Å². The molecule has 49 heavy (non-hydrogen) atoms. The lowest BCUT2D eigenvalue weighted by Gasteiger charge is -2.18. The molecule has 0 aliphatic rings. The van der Waals surface area contributed by atoms with Gasteiger partial charge in [0.05, 0.1) is 12.0 Å². The Balaban J connectivity index is 1.40. The second-order valence-corrected chi connectivity index (χ2v) is 12.0. The van der Waals surface area contributed by atoms with Gasteiger partial charge in [-0.2, -0.15) is 15.0 Å². The van der Waals surface area contributed by atoms with E-state index >= 15 is 0 Å². The molecule has 3 aromatic carbocycles. The molecule has 15 heteroatoms. The summed E-state index contributed by atoms with van der Waals surface area (Å²) >= 11 is 0.749. The molecule has 1 amide bonds. The number of aromatic hydroxyl groups is 1. The first-order valence-electron chi connectivity index (χ1n) is 16.6. The number of hydrogen-bond donors (Lipinski definition) is 6. The van der Waals surface area contributed by atoms with Gasteiger partial charge in [0.25, 0.3) is 5.91 Å². The van der Waals surface area contributed by atoms with Crippen molar-refractivity contribution in [2.45, 2.75) is 45.4 Å². The summed E-state index contributed by atoms with van der Waals surface area (Å²) in [5.41, 5.74) is 1.68. The van der Waals surface area contributed by atoms with Crippen molar-refractivity contribution in [3.63, 3.8) is 0 Å². The summed E-state index contributed by atoms with van der Waals surface area (Å²) < 4.78 is 4.44. The van der Waals surface area contributed by atoms with Gasteiger partial charge in [-0.1, -0.05) is 38.8 Å². The Kier molecular flexibility index (Phi) is 15.1. The molecule has 0 spiro atoms. The molecule has 0 saturated heterocycles. The van der Waals surface area contributed by atoms with Gasteiger partial charge in [-0.05, 0) is 106 Å². The number of phenolic OH excluding ortho intramolecular Hbond substituents is 1. The van der Waals surface area contributed by atoms with Crippen molar-refractivity contribution < 1.29 is 24.5 Å². The third-order valence-corrected chi connectivity index (χ3v) is 8.58. The Bertz CT molecular complexity index is 1580. The van der Waals surface area contributed by atoms with Crippen LogP contribution >= 0.6 is 12.0 Å². The van der Waals surface area contributed by atoms with Crippen LogP contribution in [0.1, 0.15) is 50.9 Å². The highest BCUT2D eigenvalue weighted by Crippen LogP contribution is 2.33. The lowest BCUT2D eigenvalue weighted by atomic mass is 10.1. The second-order valence-electron chi connectivity index (χ2n) is 11.2. The van der Waals surface area contributed by atoms with Crippen molar-refractivity contribution in [2.24, 2.45) is 0 Å². The molecule has 6 N–H and O–H groups in total. The first-order valence-corrected chi connectivity index (χ1v) is 17.4. The Labute approximate surface area is 291 Å². The first-order chi connectivity index (χ1) is 23.8. The number of hydrogen-bond acceptors (Lipinski definition) is 14. The summed E-state index contributed by atoms with van der Waals surface area (Å²) in [6.45, 7) is 16.2. The van der Waals surface area contributed by atoms with E-state index in [4.69, 9.17) is 5.26 Å². The van der Waals surface area contributed by atoms with Gasteiger partial charge in [-0.15, -0.1) is 4.33 Å². The predicted octanol–water partition coefficient (Wildman–Crippen LogP) is 6.44. The maximum atomic E-state index is 13.1. The van der Waals surface area contributed by atoms with Gasteiger partial charge in [0, 0.05) is 40.3 Å². The third kappa shape index (κ3) is 11.7. The van der Waals surface area contributed by atoms with Crippen molar-refractivity contribution in [1.82, 2.24) is 24.8 Å². The van der Waals surface area contributed by atoms with E-state index in [0.29, 0.717) is 50.5 Å². The van der Waals surface area contributed by atoms with Crippen LogP contribution in [0.2, 0.25) is 0 Å². The van der Waals surface area contributed by atoms with Crippen molar-refractivity contribution in [1.29, 1.82) is 0 Å². The van der Waals surface area contributed by atoms with Gasteiger partial charge < -0.3 is 36.2 Å². The van der Waals surface area contributed by atoms with Crippen LogP contribution in [0, 0.1) is 0 Å². The van der Waals surface area contributed by atoms with Crippen LogP contribution in [0.3, 0.4) is 0 Å². The average molecular weight is 694 g/mol. The van der Waals surface area contributed by atoms with E-state index in [1.165, 1.54) is 6.07 Å². The smallest absolute Gasteiger partial charge is 0.255 e. The molecule has 4 aromatic rings. The van der Waals surface area contributed by atoms with E-state index in [9.17, 15) is 9.90 Å². The van der Waals surface area contributed by atoms with E-state index < -0.39 is 0 Å². The number of rotatable bonds is 21. The van der Waals surface area contributed by atoms with E-state index in [1.807, 2.05) is 0 Å². The number of anilines is 5. The van der Waals surface area contributed by atoms with Crippen molar-refractivity contribution >= 4 is 57.9 Å². The minimum absolute atomic E-state index is 0.0117. The summed E-state index contributed by atoms with van der Waals surface area (Å²) in [6, 6.07) is 15.4. The maximum Gasteiger partial charge on any atom is 0.255 e. The molecule has 4 rings (SSSR count). The summed E-state index contributed by atoms with van der Waals surface area (Å²) in [5, 5.41) is 36.6. The quantitative estimate of drug-likeness (QED) is 0.0244. The molecule has 0 bridgehead atoms. The summed E-state index contributed by atoms with van der Waals surface area (Å²) in [4.78, 5) is 32.2. The molecule has 1 aromatic heterocycles. The van der Waals surface area contributed by atoms with E-state index in [1.54, 1.807) is 48.5 Å². The molecule has 0 radical (unpaired) electrons. The normalized spacial score (nSPS) is 11.3. The minimum Gasteiger partial charge on any atom is -0.507 e. The third-order valence-electron chi connectivity index (χ3n) is 8.02. The zero-order chi connectivity index (χ0) is 35.0. The number of carbonyl (C=O) groups excluding carboxylic acids is 1. The molecular formula is C34H47N9O5S. The van der Waals surface area contributed by atoms with Crippen molar-refractivity contribution in [3.05, 3.63) is 60.2 Å². The molecule has 264 valence electrons. The average Bonchev–Trinajstić information content (AvgIpc) is 3.11. The van der Waals surface area contributed by atoms with Crippen molar-refractivity contribution in [2.75, 3.05) is 73.6 Å². The predicted molar refractivity (Wildman–Crippen MR) is 196 cm³/mol. The van der Waals surface area contributed by atoms with Crippen LogP contribution in [0.5, 0.6) is 5.75 Å². The lowest BCUT2D eigenvalue weighted by Crippen LogP contribution is -2.26. The Morgan fingerprint density at radius 1 is 0.776 bits per heavy atom. The topological polar surface area (TPSA) is 169 Å². The maximum absolute atomic E-state index is 13.1. The minimum atomic E-state index is -0.307. The van der Waals surface area contributed by atoms with Crippen LogP contribution in [0.15, 0.2) is 59.5 Å². The molecule has 0 fully saturated rings. The van der Waals surface area contributed by atoms with Gasteiger partial charge >= 0.3 is 0 Å². The molecule has 1 heterocycles. The van der Waals surface area contributed by atoms with E-state index in [-0.39, 0.29) is 11.7 Å². The summed E-state index contributed by atoms with van der Waals surface area (Å²) in [6.07, 6.45) is 1.92. The fraction of sp³-hybridized carbons (Fsp3) is 0.412. The largest absolute Gasteiger partial charge is 0.507 e. The Hall–Kier alpha value is -4.25. The van der Waals surface area contributed by atoms with Crippen molar-refractivity contribution in [3.8, 4) is 5.75 Å². The number of phenols is 1. The number of nitrogens with one attached hydrogen (secondary N) is 4. The number of nitrogens with zero attached hydrogens (tertiary/aromatic N) is 5. The van der Waals surface area contributed by atoms with Gasteiger partial charge in [-0.25, -0.2) is 5.26 Å². The molecular weight excluding hydrogens is 646 g/mol. The SMILES string of the molecule is CCN(CC)CCCNc1nc(NCCCN(CC)CC)nc(Nc2ccc(C(=O)Nc3ccc4cc(SOOO)cc(O)c4c3)cc2)n1. The van der Waals surface area contributed by atoms with Crippen LogP contribution < -0.4 is 21.3 Å². The fourth-order valence-corrected chi connectivity index (χ4v) is 5.65. The van der Waals surface area contributed by atoms with E-state index in [2.05, 4.69) is 83.1 Å². The lowest BCUT2D eigenvalue weighted by molar-refractivity contribution is -0.432. The van der Waals surface area contributed by atoms with Crippen LogP contribution in [0.4, 0.5) is 29.2 Å². The highest BCUT2D eigenvalue weighted by atomic mass is 32.2. The van der Waals surface area contributed by atoms with E-state index in [0.717, 1.165) is 77.2 Å². The van der Waals surface area contributed by atoms with Crippen LogP contribution in [-0.2, 0) is 9.37 Å². The molecule has 0 aliphatic heterocycles. The highest BCUT2D eigenvalue weighted by molar-refractivity contribution is 7.94. The highest BCUT2D eigenvalue weighted by Gasteiger charge is 2.12. The standard InChI is InChI=1S/C34H47N9O5S/c1-5-42(6-2)19-9-17-35-32-39-33(36-18-10-20-43(7-3)8-4)41-34(40-32)38-26-14-11-24(12-15-26)31(45)37-27-16-13-25-21-28(49-48-47-46)23-30(44)29(25)22-27/h11-16,21-23,44,46H,5-10,17-20H2,1-4H3,(H,37,45)(H3,35,36,38,39,40,41). The Morgan fingerprint density at radius 3 is 1.92 bits per heavy atom. The number of carbonyl (C=O) groups is 1. The zero-order valence-corrected chi connectivity index (χ0v) is 29.3. The fourth-order valence-electron chi connectivity index (χ4n) is 5.20.